The second kappa shape index (κ2) is 8.43. The van der Waals surface area contributed by atoms with Gasteiger partial charge in [0.15, 0.2) is 17.6 Å². The van der Waals surface area contributed by atoms with Crippen molar-refractivity contribution in [1.82, 2.24) is 5.32 Å². The summed E-state index contributed by atoms with van der Waals surface area (Å²) < 4.78 is 16.0. The topological polar surface area (TPSA) is 56.8 Å². The number of hydrogen-bond acceptors (Lipinski definition) is 5. The summed E-state index contributed by atoms with van der Waals surface area (Å²) in [6.07, 6.45) is -0.674. The highest BCUT2D eigenvalue weighted by Gasteiger charge is 2.20. The van der Waals surface area contributed by atoms with Crippen LogP contribution in [0, 0.1) is 0 Å². The Kier molecular flexibility index (Phi) is 6.87. The van der Waals surface area contributed by atoms with Crippen LogP contribution in [-0.2, 0) is 16.1 Å². The molecule has 0 heterocycles. The van der Waals surface area contributed by atoms with Crippen molar-refractivity contribution in [3.8, 4) is 11.5 Å². The van der Waals surface area contributed by atoms with Crippen molar-refractivity contribution in [1.29, 1.82) is 0 Å². The summed E-state index contributed by atoms with van der Waals surface area (Å²) in [6, 6.07) is 5.65. The number of methoxy groups -OCH3 is 1. The summed E-state index contributed by atoms with van der Waals surface area (Å²) in [6.45, 7) is 7.30. The summed E-state index contributed by atoms with van der Waals surface area (Å²) in [7, 11) is 1.58. The Labute approximate surface area is 120 Å². The van der Waals surface area contributed by atoms with Gasteiger partial charge in [0, 0.05) is 12.1 Å². The fraction of sp³-hybridized carbons (Fsp3) is 0.533. The number of ether oxygens (including phenoxy) is 3. The summed E-state index contributed by atoms with van der Waals surface area (Å²) in [5, 5.41) is 3.23. The molecule has 1 rings (SSSR count). The molecule has 0 amide bonds. The van der Waals surface area contributed by atoms with Crippen LogP contribution in [-0.4, -0.2) is 32.3 Å². The van der Waals surface area contributed by atoms with Gasteiger partial charge in [-0.2, -0.15) is 0 Å². The Bertz CT molecular complexity index is 434. The van der Waals surface area contributed by atoms with Gasteiger partial charge in [-0.05, 0) is 26.5 Å². The first-order valence-electron chi connectivity index (χ1n) is 6.83. The molecule has 0 radical (unpaired) electrons. The third kappa shape index (κ3) is 4.42. The van der Waals surface area contributed by atoms with Crippen LogP contribution < -0.4 is 14.8 Å². The minimum atomic E-state index is -0.674. The van der Waals surface area contributed by atoms with E-state index in [0.29, 0.717) is 24.7 Å². The lowest BCUT2D eigenvalue weighted by molar-refractivity contribution is -0.150. The van der Waals surface area contributed by atoms with Crippen LogP contribution in [0.2, 0.25) is 0 Å². The number of carbonyl (C=O) groups excluding carboxylic acids is 1. The Morgan fingerprint density at radius 1 is 1.35 bits per heavy atom. The van der Waals surface area contributed by atoms with E-state index >= 15 is 0 Å². The van der Waals surface area contributed by atoms with E-state index in [0.717, 1.165) is 12.1 Å². The maximum atomic E-state index is 11.7. The van der Waals surface area contributed by atoms with E-state index in [2.05, 4.69) is 5.32 Å². The number of rotatable bonds is 8. The lowest BCUT2D eigenvalue weighted by Gasteiger charge is -2.19. The van der Waals surface area contributed by atoms with Gasteiger partial charge in [-0.1, -0.05) is 19.1 Å². The zero-order valence-electron chi connectivity index (χ0n) is 12.6. The Morgan fingerprint density at radius 3 is 2.70 bits per heavy atom. The number of esters is 1. The average molecular weight is 281 g/mol. The molecule has 20 heavy (non-hydrogen) atoms. The van der Waals surface area contributed by atoms with Crippen LogP contribution in [0.3, 0.4) is 0 Å². The van der Waals surface area contributed by atoms with Crippen molar-refractivity contribution < 1.29 is 19.0 Å². The maximum absolute atomic E-state index is 11.7. The van der Waals surface area contributed by atoms with Crippen LogP contribution in [0.1, 0.15) is 26.3 Å². The highest BCUT2D eigenvalue weighted by molar-refractivity contribution is 5.74. The lowest BCUT2D eigenvalue weighted by atomic mass is 10.1. The van der Waals surface area contributed by atoms with E-state index in [-0.39, 0.29) is 5.97 Å². The van der Waals surface area contributed by atoms with E-state index < -0.39 is 6.10 Å². The molecule has 5 nitrogen and oxygen atoms in total. The lowest BCUT2D eigenvalue weighted by Crippen LogP contribution is -2.27. The average Bonchev–Trinajstić information content (AvgIpc) is 2.46. The SMILES string of the molecule is CCNCc1cccc(OC)c1OC(C)C(=O)OCC. The van der Waals surface area contributed by atoms with Gasteiger partial charge >= 0.3 is 5.97 Å². The predicted octanol–water partition coefficient (Wildman–Crippen LogP) is 2.14. The second-order valence-corrected chi connectivity index (χ2v) is 4.24. The molecule has 0 bridgehead atoms. The zero-order valence-corrected chi connectivity index (χ0v) is 12.6. The smallest absolute Gasteiger partial charge is 0.347 e. The monoisotopic (exact) mass is 281 g/mol. The molecular weight excluding hydrogens is 258 g/mol. The normalized spacial score (nSPS) is 11.8. The van der Waals surface area contributed by atoms with Gasteiger partial charge in [0.1, 0.15) is 0 Å². The van der Waals surface area contributed by atoms with Gasteiger partial charge in [0.05, 0.1) is 13.7 Å². The van der Waals surface area contributed by atoms with Gasteiger partial charge in [0.25, 0.3) is 0 Å². The van der Waals surface area contributed by atoms with E-state index in [4.69, 9.17) is 14.2 Å². The summed E-state index contributed by atoms with van der Waals surface area (Å²) in [4.78, 5) is 11.7. The molecule has 0 aliphatic heterocycles. The van der Waals surface area contributed by atoms with E-state index in [1.807, 2.05) is 25.1 Å². The fourth-order valence-corrected chi connectivity index (χ4v) is 1.74. The van der Waals surface area contributed by atoms with Crippen molar-refractivity contribution in [3.63, 3.8) is 0 Å². The largest absolute Gasteiger partial charge is 0.493 e. The third-order valence-electron chi connectivity index (χ3n) is 2.76. The van der Waals surface area contributed by atoms with Gasteiger partial charge < -0.3 is 19.5 Å². The molecule has 112 valence electrons. The molecule has 0 aliphatic carbocycles. The fourth-order valence-electron chi connectivity index (χ4n) is 1.74. The van der Waals surface area contributed by atoms with Crippen molar-refractivity contribution >= 4 is 5.97 Å². The van der Waals surface area contributed by atoms with Crippen LogP contribution >= 0.6 is 0 Å². The Morgan fingerprint density at radius 2 is 2.10 bits per heavy atom. The number of para-hydroxylation sites is 1. The van der Waals surface area contributed by atoms with Crippen molar-refractivity contribution in [2.45, 2.75) is 33.4 Å². The Hall–Kier alpha value is -1.75. The summed E-state index contributed by atoms with van der Waals surface area (Å²) in [5.41, 5.74) is 0.947. The van der Waals surface area contributed by atoms with Crippen LogP contribution in [0.15, 0.2) is 18.2 Å². The van der Waals surface area contributed by atoms with Crippen molar-refractivity contribution in [2.24, 2.45) is 0 Å². The standard InChI is InChI=1S/C15H23NO4/c1-5-16-10-12-8-7-9-13(18-4)14(12)20-11(3)15(17)19-6-2/h7-9,11,16H,5-6,10H2,1-4H3. The Balaban J connectivity index is 2.92. The molecule has 0 aliphatic rings. The van der Waals surface area contributed by atoms with Crippen LogP contribution in [0.4, 0.5) is 0 Å². The number of hydrogen-bond donors (Lipinski definition) is 1. The molecule has 0 saturated carbocycles. The molecule has 5 heteroatoms. The van der Waals surface area contributed by atoms with Crippen LogP contribution in [0.5, 0.6) is 11.5 Å². The molecule has 0 spiro atoms. The van der Waals surface area contributed by atoms with Crippen molar-refractivity contribution in [2.75, 3.05) is 20.3 Å². The molecule has 1 unspecified atom stereocenters. The molecule has 0 aromatic heterocycles. The maximum Gasteiger partial charge on any atom is 0.347 e. The number of benzene rings is 1. The third-order valence-corrected chi connectivity index (χ3v) is 2.76. The quantitative estimate of drug-likeness (QED) is 0.740. The number of carbonyl (C=O) groups is 1. The van der Waals surface area contributed by atoms with Crippen LogP contribution in [0.25, 0.3) is 0 Å². The van der Waals surface area contributed by atoms with E-state index in [9.17, 15) is 4.79 Å². The first-order chi connectivity index (χ1) is 9.63. The highest BCUT2D eigenvalue weighted by Crippen LogP contribution is 2.32. The molecule has 0 saturated heterocycles. The summed E-state index contributed by atoms with van der Waals surface area (Å²) >= 11 is 0. The molecule has 1 aromatic carbocycles. The molecule has 1 N–H and O–H groups in total. The summed E-state index contributed by atoms with van der Waals surface area (Å²) in [5.74, 6) is 0.806. The first-order valence-corrected chi connectivity index (χ1v) is 6.83. The first kappa shape index (κ1) is 16.3. The minimum absolute atomic E-state index is 0.336. The molecular formula is C15H23NO4. The molecule has 0 fully saturated rings. The van der Waals surface area contributed by atoms with E-state index in [1.165, 1.54) is 0 Å². The minimum Gasteiger partial charge on any atom is -0.493 e. The van der Waals surface area contributed by atoms with E-state index in [1.54, 1.807) is 21.0 Å². The highest BCUT2D eigenvalue weighted by atomic mass is 16.6. The second-order valence-electron chi connectivity index (χ2n) is 4.24. The predicted molar refractivity (Wildman–Crippen MR) is 77.1 cm³/mol. The number of nitrogens with one attached hydrogen (secondary N) is 1. The molecule has 1 atom stereocenters. The van der Waals surface area contributed by atoms with Gasteiger partial charge in [-0.15, -0.1) is 0 Å². The molecule has 1 aromatic rings. The van der Waals surface area contributed by atoms with Crippen molar-refractivity contribution in [3.05, 3.63) is 23.8 Å². The van der Waals surface area contributed by atoms with Gasteiger partial charge in [-0.3, -0.25) is 0 Å². The zero-order chi connectivity index (χ0) is 15.0. The van der Waals surface area contributed by atoms with Gasteiger partial charge in [-0.25, -0.2) is 4.79 Å². The van der Waals surface area contributed by atoms with Gasteiger partial charge in [0.2, 0.25) is 0 Å².